The molecular weight excluding hydrogens is 520 g/mol. The summed E-state index contributed by atoms with van der Waals surface area (Å²) in [5.74, 6) is 7.97. The summed E-state index contributed by atoms with van der Waals surface area (Å²) in [5.41, 5.74) is -3.74. The van der Waals surface area contributed by atoms with Gasteiger partial charge in [0.1, 0.15) is 11.6 Å². The van der Waals surface area contributed by atoms with Crippen molar-refractivity contribution in [3.63, 3.8) is 0 Å². The summed E-state index contributed by atoms with van der Waals surface area (Å²) < 4.78 is 112. The zero-order valence-corrected chi connectivity index (χ0v) is 20.4. The van der Waals surface area contributed by atoms with Crippen LogP contribution in [0.1, 0.15) is 73.6 Å². The fourth-order valence-corrected chi connectivity index (χ4v) is 5.74. The predicted octanol–water partition coefficient (Wildman–Crippen LogP) is 9.24. The average molecular weight is 543 g/mol. The molecule has 2 aliphatic rings. The first-order valence-electron chi connectivity index (χ1n) is 11.9. The van der Waals surface area contributed by atoms with E-state index >= 15 is 0 Å². The van der Waals surface area contributed by atoms with Crippen molar-refractivity contribution in [1.29, 1.82) is 0 Å². The standard InChI is InChI=1S/C28H22F8S/c29-19-13-23(27(31,32)33)21(11-9-17-5-1-2-6-17)25(15-19)37-26-16-20(30)14-24(28(34,35)36)22(26)12-10-18-7-3-4-8-18/h13-18H,1-8H2. The quantitative estimate of drug-likeness (QED) is 0.269. The lowest BCUT2D eigenvalue weighted by Gasteiger charge is -2.16. The molecule has 0 amide bonds. The molecule has 0 radical (unpaired) electrons. The Morgan fingerprint density at radius 3 is 1.27 bits per heavy atom. The zero-order chi connectivity index (χ0) is 26.8. The molecule has 0 spiro atoms. The summed E-state index contributed by atoms with van der Waals surface area (Å²) in [7, 11) is 0. The maximum absolute atomic E-state index is 14.3. The summed E-state index contributed by atoms with van der Waals surface area (Å²) in [6.07, 6.45) is -3.47. The Morgan fingerprint density at radius 2 is 0.946 bits per heavy atom. The Kier molecular flexibility index (Phi) is 8.14. The van der Waals surface area contributed by atoms with Crippen LogP contribution in [0.2, 0.25) is 0 Å². The molecule has 196 valence electrons. The van der Waals surface area contributed by atoms with Crippen LogP contribution < -0.4 is 0 Å². The third-order valence-corrected chi connectivity index (χ3v) is 7.56. The first-order valence-corrected chi connectivity index (χ1v) is 12.8. The Labute approximate surface area is 214 Å². The van der Waals surface area contributed by atoms with E-state index in [1.807, 2.05) is 0 Å². The lowest BCUT2D eigenvalue weighted by molar-refractivity contribution is -0.138. The summed E-state index contributed by atoms with van der Waals surface area (Å²) in [6.45, 7) is 0. The molecule has 4 rings (SSSR count). The van der Waals surface area contributed by atoms with E-state index in [1.165, 1.54) is 0 Å². The number of hydrogen-bond donors (Lipinski definition) is 0. The zero-order valence-electron chi connectivity index (χ0n) is 19.6. The second kappa shape index (κ2) is 11.0. The van der Waals surface area contributed by atoms with Crippen LogP contribution in [0.3, 0.4) is 0 Å². The maximum atomic E-state index is 14.3. The Morgan fingerprint density at radius 1 is 0.595 bits per heavy atom. The number of benzene rings is 2. The van der Waals surface area contributed by atoms with E-state index in [9.17, 15) is 35.1 Å². The van der Waals surface area contributed by atoms with Crippen molar-refractivity contribution in [3.8, 4) is 23.7 Å². The monoisotopic (exact) mass is 542 g/mol. The van der Waals surface area contributed by atoms with Crippen LogP contribution in [-0.4, -0.2) is 0 Å². The fourth-order valence-electron chi connectivity index (χ4n) is 4.64. The van der Waals surface area contributed by atoms with Gasteiger partial charge in [-0.3, -0.25) is 0 Å². The summed E-state index contributed by atoms with van der Waals surface area (Å²) >= 11 is 0.410. The smallest absolute Gasteiger partial charge is 0.207 e. The Bertz CT molecular complexity index is 1170. The van der Waals surface area contributed by atoms with Gasteiger partial charge in [0, 0.05) is 21.6 Å². The average Bonchev–Trinajstić information content (AvgIpc) is 3.50. The number of alkyl halides is 6. The SMILES string of the molecule is Fc1cc(Sc2cc(F)cc(C(F)(F)F)c2C#CC2CCCC2)c(C#CC2CCCC2)c(C(F)(F)F)c1. The lowest BCUT2D eigenvalue weighted by atomic mass is 10.0. The minimum atomic E-state index is -4.96. The highest BCUT2D eigenvalue weighted by Crippen LogP contribution is 2.43. The highest BCUT2D eigenvalue weighted by molar-refractivity contribution is 7.99. The minimum absolute atomic E-state index is 0.122. The van der Waals surface area contributed by atoms with Crippen molar-refractivity contribution in [3.05, 3.63) is 58.2 Å². The molecule has 0 unspecified atom stereocenters. The van der Waals surface area contributed by atoms with Crippen LogP contribution in [0.25, 0.3) is 0 Å². The van der Waals surface area contributed by atoms with Crippen LogP contribution in [0.5, 0.6) is 0 Å². The van der Waals surface area contributed by atoms with Crippen molar-refractivity contribution in [2.75, 3.05) is 0 Å². The molecule has 0 bridgehead atoms. The number of halogens is 8. The van der Waals surface area contributed by atoms with E-state index in [0.29, 0.717) is 23.9 Å². The van der Waals surface area contributed by atoms with Gasteiger partial charge < -0.3 is 0 Å². The molecule has 2 saturated carbocycles. The van der Waals surface area contributed by atoms with Crippen LogP contribution in [0.15, 0.2) is 34.1 Å². The number of hydrogen-bond acceptors (Lipinski definition) is 1. The van der Waals surface area contributed by atoms with E-state index in [-0.39, 0.29) is 21.6 Å². The predicted molar refractivity (Wildman–Crippen MR) is 125 cm³/mol. The van der Waals surface area contributed by atoms with Crippen LogP contribution in [-0.2, 0) is 12.4 Å². The first-order chi connectivity index (χ1) is 17.4. The molecule has 2 fully saturated rings. The second-order valence-electron chi connectivity index (χ2n) is 9.25. The van der Waals surface area contributed by atoms with Crippen molar-refractivity contribution < 1.29 is 35.1 Å². The van der Waals surface area contributed by atoms with Gasteiger partial charge in [0.25, 0.3) is 0 Å². The van der Waals surface area contributed by atoms with Gasteiger partial charge >= 0.3 is 12.4 Å². The van der Waals surface area contributed by atoms with Gasteiger partial charge in [-0.1, -0.05) is 61.1 Å². The Balaban J connectivity index is 1.87. The van der Waals surface area contributed by atoms with Gasteiger partial charge in [-0.2, -0.15) is 26.3 Å². The molecule has 0 aliphatic heterocycles. The first kappa shape index (κ1) is 27.4. The van der Waals surface area contributed by atoms with Gasteiger partial charge in [0.15, 0.2) is 0 Å². The third-order valence-electron chi connectivity index (χ3n) is 6.48. The van der Waals surface area contributed by atoms with Crippen LogP contribution in [0.4, 0.5) is 35.1 Å². The molecule has 2 aromatic carbocycles. The molecule has 0 saturated heterocycles. The molecule has 0 heterocycles. The van der Waals surface area contributed by atoms with E-state index in [0.717, 1.165) is 63.5 Å². The lowest BCUT2D eigenvalue weighted by Crippen LogP contribution is -2.11. The van der Waals surface area contributed by atoms with Gasteiger partial charge in [-0.25, -0.2) is 8.78 Å². The van der Waals surface area contributed by atoms with Crippen molar-refractivity contribution >= 4 is 11.8 Å². The molecule has 2 aromatic rings. The van der Waals surface area contributed by atoms with E-state index < -0.39 is 46.2 Å². The van der Waals surface area contributed by atoms with E-state index in [1.54, 1.807) is 0 Å². The van der Waals surface area contributed by atoms with E-state index in [4.69, 9.17) is 0 Å². The van der Waals surface area contributed by atoms with Gasteiger partial charge in [0.05, 0.1) is 22.3 Å². The van der Waals surface area contributed by atoms with Crippen LogP contribution >= 0.6 is 11.8 Å². The largest absolute Gasteiger partial charge is 0.417 e. The normalized spacial score (nSPS) is 16.9. The fraction of sp³-hybridized carbons (Fsp3) is 0.429. The van der Waals surface area contributed by atoms with Gasteiger partial charge in [-0.05, 0) is 49.9 Å². The molecule has 0 aromatic heterocycles. The molecule has 37 heavy (non-hydrogen) atoms. The molecule has 0 N–H and O–H groups in total. The topological polar surface area (TPSA) is 0 Å². The summed E-state index contributed by atoms with van der Waals surface area (Å²) in [6, 6.07) is 2.20. The van der Waals surface area contributed by atoms with E-state index in [2.05, 4.69) is 23.7 Å². The van der Waals surface area contributed by atoms with Gasteiger partial charge in [0.2, 0.25) is 0 Å². The van der Waals surface area contributed by atoms with Crippen molar-refractivity contribution in [2.45, 2.75) is 73.5 Å². The number of rotatable bonds is 2. The third kappa shape index (κ3) is 6.82. The second-order valence-corrected chi connectivity index (χ2v) is 10.3. The summed E-state index contributed by atoms with van der Waals surface area (Å²) in [4.78, 5) is -0.694. The van der Waals surface area contributed by atoms with Crippen molar-refractivity contribution in [2.24, 2.45) is 11.8 Å². The molecule has 0 nitrogen and oxygen atoms in total. The minimum Gasteiger partial charge on any atom is -0.207 e. The van der Waals surface area contributed by atoms with Crippen molar-refractivity contribution in [1.82, 2.24) is 0 Å². The van der Waals surface area contributed by atoms with Gasteiger partial charge in [-0.15, -0.1) is 0 Å². The van der Waals surface area contributed by atoms with Crippen LogP contribution in [0, 0.1) is 47.2 Å². The molecule has 2 aliphatic carbocycles. The highest BCUT2D eigenvalue weighted by atomic mass is 32.2. The highest BCUT2D eigenvalue weighted by Gasteiger charge is 2.37. The molecule has 9 heteroatoms. The molecular formula is C28H22F8S. The molecule has 0 atom stereocenters. The Hall–Kier alpha value is -2.65. The summed E-state index contributed by atoms with van der Waals surface area (Å²) in [5, 5.41) is 0. The maximum Gasteiger partial charge on any atom is 0.417 e.